The number of anilines is 3. The first-order chi connectivity index (χ1) is 10.0. The molecule has 0 unspecified atom stereocenters. The van der Waals surface area contributed by atoms with Gasteiger partial charge in [-0.05, 0) is 33.0 Å². The van der Waals surface area contributed by atoms with E-state index < -0.39 is 0 Å². The Morgan fingerprint density at radius 2 is 1.48 bits per heavy atom. The summed E-state index contributed by atoms with van der Waals surface area (Å²) >= 11 is 0. The highest BCUT2D eigenvalue weighted by atomic mass is 15.3. The van der Waals surface area contributed by atoms with Crippen LogP contribution in [0.3, 0.4) is 0 Å². The molecule has 0 aromatic carbocycles. The van der Waals surface area contributed by atoms with Gasteiger partial charge in [-0.15, -0.1) is 0 Å². The van der Waals surface area contributed by atoms with Gasteiger partial charge in [0.2, 0.25) is 17.8 Å². The lowest BCUT2D eigenvalue weighted by Gasteiger charge is -2.24. The van der Waals surface area contributed by atoms with Gasteiger partial charge in [0, 0.05) is 27.2 Å². The smallest absolute Gasteiger partial charge is 0.231 e. The predicted octanol–water partition coefficient (Wildman–Crippen LogP) is 1.08. The highest BCUT2D eigenvalue weighted by molar-refractivity contribution is 5.42. The number of rotatable bonds is 9. The molecule has 0 aliphatic heterocycles. The third-order valence-corrected chi connectivity index (χ3v) is 3.49. The fourth-order valence-electron chi connectivity index (χ4n) is 2.14. The van der Waals surface area contributed by atoms with Crippen molar-refractivity contribution in [2.75, 3.05) is 62.4 Å². The van der Waals surface area contributed by atoms with Crippen LogP contribution in [0.1, 0.15) is 27.2 Å². The van der Waals surface area contributed by atoms with Crippen molar-refractivity contribution in [1.82, 2.24) is 19.9 Å². The lowest BCUT2D eigenvalue weighted by molar-refractivity contribution is 0.300. The molecule has 0 atom stereocenters. The van der Waals surface area contributed by atoms with Crippen LogP contribution in [-0.4, -0.2) is 66.7 Å². The van der Waals surface area contributed by atoms with Crippen molar-refractivity contribution in [3.8, 4) is 0 Å². The summed E-state index contributed by atoms with van der Waals surface area (Å²) in [7, 11) is 3.80. The molecule has 0 radical (unpaired) electrons. The summed E-state index contributed by atoms with van der Waals surface area (Å²) in [6, 6.07) is 0. The standard InChI is InChI=1S/C14H29N7/c1-6-20(7-2)10-9-11-21(8-3)14-17-12(15)16-13(18-14)19(4)5/h6-11H2,1-5H3,(H2,15,16,17,18). The molecule has 0 fully saturated rings. The van der Waals surface area contributed by atoms with Gasteiger partial charge in [0.15, 0.2) is 0 Å². The van der Waals surface area contributed by atoms with Gasteiger partial charge in [0.05, 0.1) is 0 Å². The summed E-state index contributed by atoms with van der Waals surface area (Å²) in [5.41, 5.74) is 5.79. The summed E-state index contributed by atoms with van der Waals surface area (Å²) < 4.78 is 0. The Balaban J connectivity index is 2.71. The normalized spacial score (nSPS) is 11.0. The van der Waals surface area contributed by atoms with E-state index in [-0.39, 0.29) is 5.95 Å². The minimum absolute atomic E-state index is 0.269. The van der Waals surface area contributed by atoms with E-state index in [1.54, 1.807) is 0 Å². The lowest BCUT2D eigenvalue weighted by Crippen LogP contribution is -2.31. The molecular formula is C14H29N7. The van der Waals surface area contributed by atoms with Crippen molar-refractivity contribution in [1.29, 1.82) is 0 Å². The van der Waals surface area contributed by atoms with Crippen molar-refractivity contribution in [2.45, 2.75) is 27.2 Å². The SMILES string of the molecule is CCN(CC)CCCN(CC)c1nc(N)nc(N(C)C)n1. The molecule has 1 aromatic rings. The minimum atomic E-state index is 0.269. The van der Waals surface area contributed by atoms with Crippen molar-refractivity contribution >= 4 is 17.8 Å². The Kier molecular flexibility index (Phi) is 7.14. The van der Waals surface area contributed by atoms with Crippen LogP contribution >= 0.6 is 0 Å². The quantitative estimate of drug-likeness (QED) is 0.730. The van der Waals surface area contributed by atoms with Crippen molar-refractivity contribution in [3.05, 3.63) is 0 Å². The molecule has 1 rings (SSSR count). The maximum Gasteiger partial charge on any atom is 0.231 e. The van der Waals surface area contributed by atoms with Crippen LogP contribution in [0.5, 0.6) is 0 Å². The van der Waals surface area contributed by atoms with Crippen LogP contribution in [0.2, 0.25) is 0 Å². The van der Waals surface area contributed by atoms with Gasteiger partial charge in [-0.2, -0.15) is 15.0 Å². The second-order valence-corrected chi connectivity index (χ2v) is 5.15. The number of hydrogen-bond acceptors (Lipinski definition) is 7. The molecule has 2 N–H and O–H groups in total. The van der Waals surface area contributed by atoms with Gasteiger partial charge in [-0.1, -0.05) is 13.8 Å². The van der Waals surface area contributed by atoms with E-state index in [0.29, 0.717) is 11.9 Å². The van der Waals surface area contributed by atoms with Gasteiger partial charge >= 0.3 is 0 Å². The summed E-state index contributed by atoms with van der Waals surface area (Å²) in [5.74, 6) is 1.53. The Labute approximate surface area is 128 Å². The Bertz CT molecular complexity index is 418. The first-order valence-electron chi connectivity index (χ1n) is 7.67. The maximum absolute atomic E-state index is 5.79. The predicted molar refractivity (Wildman–Crippen MR) is 88.9 cm³/mol. The van der Waals surface area contributed by atoms with E-state index in [0.717, 1.165) is 39.1 Å². The van der Waals surface area contributed by atoms with E-state index in [1.807, 2.05) is 19.0 Å². The number of nitrogens with two attached hydrogens (primary N) is 1. The summed E-state index contributed by atoms with van der Waals surface area (Å²) in [4.78, 5) is 19.3. The van der Waals surface area contributed by atoms with Crippen LogP contribution in [0, 0.1) is 0 Å². The molecule has 0 saturated heterocycles. The fourth-order valence-corrected chi connectivity index (χ4v) is 2.14. The van der Waals surface area contributed by atoms with Gasteiger partial charge < -0.3 is 20.4 Å². The average molecular weight is 295 g/mol. The molecule has 7 nitrogen and oxygen atoms in total. The number of nitrogens with zero attached hydrogens (tertiary/aromatic N) is 6. The lowest BCUT2D eigenvalue weighted by atomic mass is 10.3. The first-order valence-corrected chi connectivity index (χ1v) is 7.67. The van der Waals surface area contributed by atoms with Crippen LogP contribution in [0.4, 0.5) is 17.8 Å². The molecule has 21 heavy (non-hydrogen) atoms. The second-order valence-electron chi connectivity index (χ2n) is 5.15. The summed E-state index contributed by atoms with van der Waals surface area (Å²) in [6.07, 6.45) is 1.08. The Hall–Kier alpha value is -1.63. The van der Waals surface area contributed by atoms with Gasteiger partial charge in [0.25, 0.3) is 0 Å². The maximum atomic E-state index is 5.79. The molecule has 0 spiro atoms. The number of hydrogen-bond donors (Lipinski definition) is 1. The van der Waals surface area contributed by atoms with E-state index in [4.69, 9.17) is 5.73 Å². The molecule has 0 aliphatic rings. The molecular weight excluding hydrogens is 266 g/mol. The summed E-state index contributed by atoms with van der Waals surface area (Å²) in [6.45, 7) is 11.5. The van der Waals surface area contributed by atoms with Crippen molar-refractivity contribution < 1.29 is 0 Å². The number of nitrogen functional groups attached to an aromatic ring is 1. The minimum Gasteiger partial charge on any atom is -0.368 e. The van der Waals surface area contributed by atoms with Crippen molar-refractivity contribution in [2.24, 2.45) is 0 Å². The zero-order valence-electron chi connectivity index (χ0n) is 14.0. The number of aromatic nitrogens is 3. The Morgan fingerprint density at radius 3 is 2.00 bits per heavy atom. The molecule has 1 aromatic heterocycles. The second kappa shape index (κ2) is 8.61. The third kappa shape index (κ3) is 5.34. The molecule has 0 bridgehead atoms. The zero-order valence-corrected chi connectivity index (χ0v) is 14.0. The van der Waals surface area contributed by atoms with E-state index in [9.17, 15) is 0 Å². The van der Waals surface area contributed by atoms with Crippen LogP contribution in [0.15, 0.2) is 0 Å². The van der Waals surface area contributed by atoms with E-state index >= 15 is 0 Å². The third-order valence-electron chi connectivity index (χ3n) is 3.49. The summed E-state index contributed by atoms with van der Waals surface area (Å²) in [5, 5.41) is 0. The van der Waals surface area contributed by atoms with Gasteiger partial charge in [0.1, 0.15) is 0 Å². The van der Waals surface area contributed by atoms with E-state index in [2.05, 4.69) is 45.5 Å². The molecule has 0 saturated carbocycles. The monoisotopic (exact) mass is 295 g/mol. The first kappa shape index (κ1) is 17.4. The topological polar surface area (TPSA) is 74.4 Å². The molecule has 120 valence electrons. The van der Waals surface area contributed by atoms with Gasteiger partial charge in [-0.3, -0.25) is 0 Å². The zero-order chi connectivity index (χ0) is 15.8. The molecule has 7 heteroatoms. The Morgan fingerprint density at radius 1 is 0.857 bits per heavy atom. The van der Waals surface area contributed by atoms with E-state index in [1.165, 1.54) is 0 Å². The van der Waals surface area contributed by atoms with Crippen molar-refractivity contribution in [3.63, 3.8) is 0 Å². The molecule has 1 heterocycles. The highest BCUT2D eigenvalue weighted by Crippen LogP contribution is 2.13. The van der Waals surface area contributed by atoms with Crippen LogP contribution in [0.25, 0.3) is 0 Å². The molecule has 0 amide bonds. The average Bonchev–Trinajstić information content (AvgIpc) is 2.47. The van der Waals surface area contributed by atoms with Gasteiger partial charge in [-0.25, -0.2) is 0 Å². The van der Waals surface area contributed by atoms with Crippen LogP contribution < -0.4 is 15.5 Å². The fraction of sp³-hybridized carbons (Fsp3) is 0.786. The van der Waals surface area contributed by atoms with Crippen LogP contribution in [-0.2, 0) is 0 Å². The highest BCUT2D eigenvalue weighted by Gasteiger charge is 2.12. The molecule has 0 aliphatic carbocycles. The largest absolute Gasteiger partial charge is 0.368 e.